The average Bonchev–Trinajstić information content (AvgIpc) is 3.54. The molecule has 1 aliphatic rings. The number of thioether (sulfide) groups is 1. The number of thiophene rings is 1. The second kappa shape index (κ2) is 12.0. The number of fused-ring (bicyclic) bond motifs is 1. The smallest absolute Gasteiger partial charge is 0.410 e. The lowest BCUT2D eigenvalue weighted by molar-refractivity contribution is -0.113. The summed E-state index contributed by atoms with van der Waals surface area (Å²) < 4.78 is 15.6. The number of hydrogen-bond acceptors (Lipinski definition) is 9. The summed E-state index contributed by atoms with van der Waals surface area (Å²) in [6.07, 6.45) is 1.44. The molecule has 39 heavy (non-hydrogen) atoms. The van der Waals surface area contributed by atoms with Gasteiger partial charge in [-0.1, -0.05) is 6.07 Å². The minimum absolute atomic E-state index is 0.0722. The van der Waals surface area contributed by atoms with Gasteiger partial charge in [-0.25, -0.2) is 9.59 Å². The number of ether oxygens (including phenoxy) is 2. The highest BCUT2D eigenvalue weighted by atomic mass is 32.2. The van der Waals surface area contributed by atoms with E-state index in [9.17, 15) is 19.2 Å². The number of benzene rings is 1. The van der Waals surface area contributed by atoms with Crippen molar-refractivity contribution in [2.75, 3.05) is 30.0 Å². The third-order valence-electron chi connectivity index (χ3n) is 5.56. The molecule has 10 nitrogen and oxygen atoms in total. The number of carbonyl (C=O) groups is 4. The number of rotatable bonds is 7. The van der Waals surface area contributed by atoms with Crippen LogP contribution < -0.4 is 10.6 Å². The first-order chi connectivity index (χ1) is 18.5. The molecule has 0 saturated carbocycles. The van der Waals surface area contributed by atoms with E-state index < -0.39 is 17.7 Å². The van der Waals surface area contributed by atoms with Gasteiger partial charge in [-0.15, -0.1) is 23.1 Å². The predicted molar refractivity (Wildman–Crippen MR) is 148 cm³/mol. The number of nitrogens with zero attached hydrogens (tertiary/aromatic N) is 1. The minimum Gasteiger partial charge on any atom is -0.465 e. The Morgan fingerprint density at radius 3 is 2.62 bits per heavy atom. The van der Waals surface area contributed by atoms with Gasteiger partial charge in [-0.3, -0.25) is 9.59 Å². The lowest BCUT2D eigenvalue weighted by atomic mass is 10.0. The highest BCUT2D eigenvalue weighted by Crippen LogP contribution is 2.38. The molecule has 0 aliphatic carbocycles. The van der Waals surface area contributed by atoms with E-state index in [1.807, 2.05) is 6.07 Å². The van der Waals surface area contributed by atoms with Crippen LogP contribution in [0.15, 0.2) is 52.0 Å². The van der Waals surface area contributed by atoms with Crippen LogP contribution in [0.1, 0.15) is 52.1 Å². The van der Waals surface area contributed by atoms with Crippen LogP contribution in [0.25, 0.3) is 0 Å². The summed E-state index contributed by atoms with van der Waals surface area (Å²) in [6.45, 7) is 6.08. The number of esters is 1. The fourth-order valence-corrected chi connectivity index (χ4v) is 5.89. The second-order valence-electron chi connectivity index (χ2n) is 9.65. The first kappa shape index (κ1) is 28.2. The number of carbonyl (C=O) groups excluding carboxylic acids is 4. The summed E-state index contributed by atoms with van der Waals surface area (Å²) in [7, 11) is 1.29. The molecule has 0 fully saturated rings. The first-order valence-electron chi connectivity index (χ1n) is 12.1. The first-order valence-corrected chi connectivity index (χ1v) is 13.9. The number of methoxy groups -OCH3 is 1. The fourth-order valence-electron chi connectivity index (χ4n) is 3.87. The molecule has 0 atom stereocenters. The van der Waals surface area contributed by atoms with Gasteiger partial charge in [0.25, 0.3) is 5.91 Å². The van der Waals surface area contributed by atoms with E-state index in [-0.39, 0.29) is 29.9 Å². The minimum atomic E-state index is -0.620. The zero-order valence-corrected chi connectivity index (χ0v) is 23.6. The molecule has 1 aromatic carbocycles. The third kappa shape index (κ3) is 7.21. The maximum atomic E-state index is 12.9. The van der Waals surface area contributed by atoms with E-state index in [2.05, 4.69) is 10.6 Å². The molecule has 0 saturated heterocycles. The quantitative estimate of drug-likeness (QED) is 0.285. The van der Waals surface area contributed by atoms with Gasteiger partial charge in [0.2, 0.25) is 5.91 Å². The Labute approximate surface area is 234 Å². The van der Waals surface area contributed by atoms with Gasteiger partial charge in [0.15, 0.2) is 5.76 Å². The largest absolute Gasteiger partial charge is 0.465 e. The number of hydrogen-bond donors (Lipinski definition) is 2. The van der Waals surface area contributed by atoms with Crippen LogP contribution in [0.3, 0.4) is 0 Å². The topological polar surface area (TPSA) is 127 Å². The van der Waals surface area contributed by atoms with E-state index in [4.69, 9.17) is 13.9 Å². The summed E-state index contributed by atoms with van der Waals surface area (Å²) >= 11 is 2.54. The summed E-state index contributed by atoms with van der Waals surface area (Å²) in [5.41, 5.74) is 1.04. The lowest BCUT2D eigenvalue weighted by Crippen LogP contribution is -2.39. The van der Waals surface area contributed by atoms with Crippen molar-refractivity contribution in [3.8, 4) is 0 Å². The van der Waals surface area contributed by atoms with Gasteiger partial charge in [-0.05, 0) is 63.1 Å². The molecule has 3 aromatic rings. The Balaban J connectivity index is 1.41. The van der Waals surface area contributed by atoms with Gasteiger partial charge >= 0.3 is 12.1 Å². The Bertz CT molecular complexity index is 1380. The number of amides is 3. The van der Waals surface area contributed by atoms with Crippen LogP contribution >= 0.6 is 23.1 Å². The average molecular weight is 572 g/mol. The predicted octanol–water partition coefficient (Wildman–Crippen LogP) is 5.40. The van der Waals surface area contributed by atoms with Gasteiger partial charge in [0, 0.05) is 22.0 Å². The Morgan fingerprint density at radius 1 is 1.13 bits per heavy atom. The Kier molecular flexibility index (Phi) is 8.66. The van der Waals surface area contributed by atoms with Crippen LogP contribution in [-0.4, -0.2) is 53.8 Å². The van der Waals surface area contributed by atoms with Crippen LogP contribution in [0.2, 0.25) is 0 Å². The highest BCUT2D eigenvalue weighted by molar-refractivity contribution is 8.00. The highest BCUT2D eigenvalue weighted by Gasteiger charge is 2.32. The van der Waals surface area contributed by atoms with Crippen molar-refractivity contribution in [2.45, 2.75) is 44.2 Å². The molecular weight excluding hydrogens is 542 g/mol. The van der Waals surface area contributed by atoms with E-state index in [1.165, 1.54) is 36.5 Å². The van der Waals surface area contributed by atoms with Crippen LogP contribution in [0.5, 0.6) is 0 Å². The standard InChI is InChI=1S/C27H29N3O7S2/c1-27(2,3)37-26(34)30-11-10-18-20(14-30)39-24(22(18)25(33)35-4)29-21(31)15-38-17-8-5-7-16(13-17)28-23(32)19-9-6-12-36-19/h5-9,12-13H,10-11,14-15H2,1-4H3,(H,28,32)(H,29,31). The molecule has 12 heteroatoms. The van der Waals surface area contributed by atoms with Gasteiger partial charge < -0.3 is 29.4 Å². The van der Waals surface area contributed by atoms with Crippen molar-refractivity contribution >= 4 is 57.7 Å². The molecular formula is C27H29N3O7S2. The van der Waals surface area contributed by atoms with Crippen LogP contribution in [-0.2, 0) is 27.2 Å². The maximum absolute atomic E-state index is 12.9. The Hall–Kier alpha value is -3.77. The number of furan rings is 1. The van der Waals surface area contributed by atoms with Crippen LogP contribution in [0, 0.1) is 0 Å². The van der Waals surface area contributed by atoms with Gasteiger partial charge in [0.1, 0.15) is 10.6 Å². The molecule has 2 N–H and O–H groups in total. The summed E-state index contributed by atoms with van der Waals surface area (Å²) in [5.74, 6) is -0.953. The summed E-state index contributed by atoms with van der Waals surface area (Å²) in [5, 5.41) is 5.99. The fraction of sp³-hybridized carbons (Fsp3) is 0.333. The molecule has 2 aromatic heterocycles. The van der Waals surface area contributed by atoms with Gasteiger partial charge in [0.05, 0.1) is 31.2 Å². The maximum Gasteiger partial charge on any atom is 0.410 e. The Morgan fingerprint density at radius 2 is 1.92 bits per heavy atom. The molecule has 0 spiro atoms. The molecule has 206 valence electrons. The number of anilines is 2. The van der Waals surface area contributed by atoms with Crippen molar-refractivity contribution in [2.24, 2.45) is 0 Å². The van der Waals surface area contributed by atoms with Crippen molar-refractivity contribution in [1.29, 1.82) is 0 Å². The molecule has 3 heterocycles. The second-order valence-corrected chi connectivity index (χ2v) is 11.8. The SMILES string of the molecule is COC(=O)c1c(NC(=O)CSc2cccc(NC(=O)c3ccco3)c2)sc2c1CCN(C(=O)OC(C)(C)C)C2. The third-order valence-corrected chi connectivity index (χ3v) is 7.68. The molecule has 0 radical (unpaired) electrons. The van der Waals surface area contributed by atoms with Crippen LogP contribution in [0.4, 0.5) is 15.5 Å². The molecule has 4 rings (SSSR count). The van der Waals surface area contributed by atoms with Crippen molar-refractivity contribution in [3.05, 3.63) is 64.4 Å². The molecule has 0 unspecified atom stereocenters. The summed E-state index contributed by atoms with van der Waals surface area (Å²) in [4.78, 5) is 53.4. The number of nitrogens with one attached hydrogen (secondary N) is 2. The van der Waals surface area contributed by atoms with Crippen molar-refractivity contribution in [1.82, 2.24) is 4.90 Å². The van der Waals surface area contributed by atoms with Crippen molar-refractivity contribution < 1.29 is 33.1 Å². The van der Waals surface area contributed by atoms with E-state index in [0.29, 0.717) is 29.2 Å². The zero-order chi connectivity index (χ0) is 28.2. The lowest BCUT2D eigenvalue weighted by Gasteiger charge is -2.30. The van der Waals surface area contributed by atoms with Gasteiger partial charge in [-0.2, -0.15) is 0 Å². The molecule has 3 amide bonds. The van der Waals surface area contributed by atoms with E-state index in [1.54, 1.807) is 56.0 Å². The van der Waals surface area contributed by atoms with E-state index >= 15 is 0 Å². The molecule has 0 bridgehead atoms. The molecule has 1 aliphatic heterocycles. The zero-order valence-electron chi connectivity index (χ0n) is 22.0. The van der Waals surface area contributed by atoms with Crippen molar-refractivity contribution in [3.63, 3.8) is 0 Å². The summed E-state index contributed by atoms with van der Waals surface area (Å²) in [6, 6.07) is 10.3. The normalized spacial score (nSPS) is 12.9. The van der Waals surface area contributed by atoms with E-state index in [0.717, 1.165) is 15.3 Å². The monoisotopic (exact) mass is 571 g/mol.